The Balaban J connectivity index is 2.15. The molecular weight excluding hydrogens is 479 g/mol. The number of amides is 3. The summed E-state index contributed by atoms with van der Waals surface area (Å²) in [5.74, 6) is -1.49. The van der Waals surface area contributed by atoms with Gasteiger partial charge in [-0.25, -0.2) is 10.3 Å². The number of aromatic hydroxyl groups is 1. The van der Waals surface area contributed by atoms with Crippen molar-refractivity contribution in [1.29, 1.82) is 0 Å². The molecule has 0 heterocycles. The smallest absolute Gasteiger partial charge is 0.414 e. The van der Waals surface area contributed by atoms with E-state index in [1.807, 2.05) is 22.6 Å². The van der Waals surface area contributed by atoms with Crippen molar-refractivity contribution in [2.24, 2.45) is 0 Å². The Hall–Kier alpha value is -2.92. The van der Waals surface area contributed by atoms with Crippen molar-refractivity contribution < 1.29 is 29.4 Å². The van der Waals surface area contributed by atoms with Crippen LogP contribution in [-0.2, 0) is 9.53 Å². The van der Waals surface area contributed by atoms with Gasteiger partial charge in [-0.3, -0.25) is 20.1 Å². The lowest BCUT2D eigenvalue weighted by Crippen LogP contribution is -2.32. The Kier molecular flexibility index (Phi) is 7.96. The molecule has 2 rings (SSSR count). The van der Waals surface area contributed by atoms with E-state index in [4.69, 9.17) is 9.94 Å². The molecule has 0 saturated carbocycles. The summed E-state index contributed by atoms with van der Waals surface area (Å²) in [6, 6.07) is 12.9. The lowest BCUT2D eigenvalue weighted by Gasteiger charge is -2.18. The summed E-state index contributed by atoms with van der Waals surface area (Å²) >= 11 is 2.03. The van der Waals surface area contributed by atoms with Gasteiger partial charge in [0.25, 0.3) is 11.8 Å². The van der Waals surface area contributed by atoms with E-state index in [9.17, 15) is 19.5 Å². The molecule has 0 aliphatic rings. The molecule has 4 N–H and O–H groups in total. The minimum atomic E-state index is -1.00. The van der Waals surface area contributed by atoms with Crippen molar-refractivity contribution in [3.63, 3.8) is 0 Å². The number of rotatable bonds is 6. The van der Waals surface area contributed by atoms with Gasteiger partial charge in [-0.15, -0.1) is 0 Å². The first kappa shape index (κ1) is 21.4. The van der Waals surface area contributed by atoms with Crippen LogP contribution in [0.15, 0.2) is 60.7 Å². The summed E-state index contributed by atoms with van der Waals surface area (Å²) in [6.45, 7) is 0. The number of hydrogen-bond acceptors (Lipinski definition) is 6. The van der Waals surface area contributed by atoms with E-state index < -0.39 is 24.0 Å². The number of halogens is 1. The topological polar surface area (TPSA) is 125 Å². The summed E-state index contributed by atoms with van der Waals surface area (Å²) in [5.41, 5.74) is 2.04. The van der Waals surface area contributed by atoms with Crippen molar-refractivity contribution in [2.75, 3.05) is 0 Å². The standard InChI is InChI=1S/C19H17IN2O6/c20-13-9-10-15(23)14(11-13)16(7-4-8-17(24)22-27)28-19(26)21-18(25)12-5-2-1-3-6-12/h1-6,8-11,16,23,27H,7H2,(H,22,24)(H,21,25,26)/b8-4+/t16-/m0/s1. The van der Waals surface area contributed by atoms with Gasteiger partial charge in [-0.1, -0.05) is 24.3 Å². The Bertz CT molecular complexity index is 885. The minimum absolute atomic E-state index is 0.0218. The van der Waals surface area contributed by atoms with Crippen LogP contribution in [0.2, 0.25) is 0 Å². The zero-order valence-corrected chi connectivity index (χ0v) is 16.6. The summed E-state index contributed by atoms with van der Waals surface area (Å²) in [7, 11) is 0. The molecule has 2 aromatic carbocycles. The maximum Gasteiger partial charge on any atom is 0.414 e. The zero-order chi connectivity index (χ0) is 20.5. The first-order valence-electron chi connectivity index (χ1n) is 8.06. The monoisotopic (exact) mass is 496 g/mol. The molecule has 0 aliphatic heterocycles. The molecule has 1 atom stereocenters. The third-order valence-corrected chi connectivity index (χ3v) is 4.24. The Morgan fingerprint density at radius 3 is 2.54 bits per heavy atom. The van der Waals surface area contributed by atoms with Crippen LogP contribution in [0.1, 0.15) is 28.4 Å². The summed E-state index contributed by atoms with van der Waals surface area (Å²) < 4.78 is 6.09. The van der Waals surface area contributed by atoms with Crippen LogP contribution in [0, 0.1) is 3.57 Å². The molecule has 146 valence electrons. The molecule has 3 amide bonds. The quantitative estimate of drug-likeness (QED) is 0.211. The van der Waals surface area contributed by atoms with E-state index >= 15 is 0 Å². The maximum atomic E-state index is 12.2. The molecule has 28 heavy (non-hydrogen) atoms. The molecule has 0 fully saturated rings. The number of carbonyl (C=O) groups excluding carboxylic acids is 3. The van der Waals surface area contributed by atoms with E-state index in [2.05, 4.69) is 5.32 Å². The molecule has 9 heteroatoms. The normalized spacial score (nSPS) is 11.6. The number of nitrogens with one attached hydrogen (secondary N) is 2. The number of hydrogen-bond donors (Lipinski definition) is 4. The summed E-state index contributed by atoms with van der Waals surface area (Å²) in [6.07, 6.45) is 0.461. The molecular formula is C19H17IN2O6. The Morgan fingerprint density at radius 2 is 1.86 bits per heavy atom. The SMILES string of the molecule is O=C(/C=C/C[C@H](OC(=O)NC(=O)c1ccccc1)c1cc(I)ccc1O)NO. The largest absolute Gasteiger partial charge is 0.508 e. The predicted molar refractivity (Wildman–Crippen MR) is 108 cm³/mol. The average Bonchev–Trinajstić information content (AvgIpc) is 2.69. The van der Waals surface area contributed by atoms with E-state index in [1.165, 1.54) is 17.6 Å². The Morgan fingerprint density at radius 1 is 1.14 bits per heavy atom. The van der Waals surface area contributed by atoms with Gasteiger partial charge in [0.05, 0.1) is 0 Å². The molecule has 0 spiro atoms. The van der Waals surface area contributed by atoms with Crippen LogP contribution in [0.25, 0.3) is 0 Å². The van der Waals surface area contributed by atoms with Crippen LogP contribution in [-0.4, -0.2) is 28.2 Å². The second kappa shape index (κ2) is 10.4. The van der Waals surface area contributed by atoms with Gasteiger partial charge in [0.2, 0.25) is 0 Å². The van der Waals surface area contributed by atoms with Crippen molar-refractivity contribution in [1.82, 2.24) is 10.8 Å². The lowest BCUT2D eigenvalue weighted by atomic mass is 10.0. The van der Waals surface area contributed by atoms with Crippen LogP contribution in [0.4, 0.5) is 4.79 Å². The predicted octanol–water partition coefficient (Wildman–Crippen LogP) is 3.06. The molecule has 0 aromatic heterocycles. The molecule has 0 aliphatic carbocycles. The summed E-state index contributed by atoms with van der Waals surface area (Å²) in [4.78, 5) is 35.4. The highest BCUT2D eigenvalue weighted by molar-refractivity contribution is 14.1. The van der Waals surface area contributed by atoms with E-state index in [1.54, 1.807) is 42.5 Å². The number of hydroxylamine groups is 1. The van der Waals surface area contributed by atoms with Crippen molar-refractivity contribution in [2.45, 2.75) is 12.5 Å². The number of imide groups is 1. The van der Waals surface area contributed by atoms with Gasteiger partial charge in [-0.05, 0) is 52.9 Å². The molecule has 8 nitrogen and oxygen atoms in total. The third-order valence-electron chi connectivity index (χ3n) is 3.57. The second-order valence-electron chi connectivity index (χ2n) is 5.53. The fraction of sp³-hybridized carbons (Fsp3) is 0.105. The number of phenolic OH excluding ortho intramolecular Hbond substituents is 1. The number of phenols is 1. The van der Waals surface area contributed by atoms with Crippen LogP contribution < -0.4 is 10.8 Å². The second-order valence-corrected chi connectivity index (χ2v) is 6.78. The highest BCUT2D eigenvalue weighted by Gasteiger charge is 2.21. The van der Waals surface area contributed by atoms with Crippen molar-refractivity contribution in [3.8, 4) is 5.75 Å². The average molecular weight is 496 g/mol. The highest BCUT2D eigenvalue weighted by Crippen LogP contribution is 2.31. The maximum absolute atomic E-state index is 12.2. The number of benzene rings is 2. The van der Waals surface area contributed by atoms with E-state index in [0.717, 1.165) is 9.65 Å². The zero-order valence-electron chi connectivity index (χ0n) is 14.5. The van der Waals surface area contributed by atoms with Gasteiger partial charge >= 0.3 is 6.09 Å². The van der Waals surface area contributed by atoms with Gasteiger partial charge in [-0.2, -0.15) is 0 Å². The lowest BCUT2D eigenvalue weighted by molar-refractivity contribution is -0.124. The van der Waals surface area contributed by atoms with Crippen LogP contribution >= 0.6 is 22.6 Å². The van der Waals surface area contributed by atoms with Crippen LogP contribution in [0.3, 0.4) is 0 Å². The fourth-order valence-corrected chi connectivity index (χ4v) is 2.79. The van der Waals surface area contributed by atoms with Gasteiger partial charge in [0.15, 0.2) is 0 Å². The van der Waals surface area contributed by atoms with Gasteiger partial charge < -0.3 is 9.84 Å². The van der Waals surface area contributed by atoms with Crippen LogP contribution in [0.5, 0.6) is 5.75 Å². The first-order chi connectivity index (χ1) is 13.4. The number of alkyl carbamates (subject to hydrolysis) is 1. The molecule has 0 bridgehead atoms. The van der Waals surface area contributed by atoms with Gasteiger partial charge in [0, 0.05) is 27.2 Å². The third kappa shape index (κ3) is 6.35. The van der Waals surface area contributed by atoms with E-state index in [0.29, 0.717) is 5.56 Å². The van der Waals surface area contributed by atoms with Gasteiger partial charge in [0.1, 0.15) is 11.9 Å². The molecule has 2 aromatic rings. The van der Waals surface area contributed by atoms with Crippen molar-refractivity contribution in [3.05, 3.63) is 75.4 Å². The molecule has 0 unspecified atom stereocenters. The number of carbonyl (C=O) groups is 3. The Labute approximate surface area is 174 Å². The van der Waals surface area contributed by atoms with Crippen molar-refractivity contribution >= 4 is 40.5 Å². The number of ether oxygens (including phenoxy) is 1. The minimum Gasteiger partial charge on any atom is -0.508 e. The molecule has 0 saturated heterocycles. The molecule has 0 radical (unpaired) electrons. The summed E-state index contributed by atoms with van der Waals surface area (Å²) in [5, 5.41) is 20.7. The highest BCUT2D eigenvalue weighted by atomic mass is 127. The fourth-order valence-electron chi connectivity index (χ4n) is 2.27. The first-order valence-corrected chi connectivity index (χ1v) is 9.14. The van der Waals surface area contributed by atoms with E-state index in [-0.39, 0.29) is 17.7 Å².